The van der Waals surface area contributed by atoms with E-state index in [0.717, 1.165) is 22.0 Å². The van der Waals surface area contributed by atoms with Gasteiger partial charge in [-0.05, 0) is 48.7 Å². The second-order valence-corrected chi connectivity index (χ2v) is 6.52. The number of ether oxygens (including phenoxy) is 2. The number of carbonyl (C=O) groups is 1. The molecular weight excluding hydrogens is 382 g/mol. The Bertz CT molecular complexity index is 728. The van der Waals surface area contributed by atoms with E-state index in [1.165, 1.54) is 0 Å². The summed E-state index contributed by atoms with van der Waals surface area (Å²) in [6.45, 7) is 5.59. The van der Waals surface area contributed by atoms with Crippen molar-refractivity contribution in [2.75, 3.05) is 13.7 Å². The largest absolute Gasteiger partial charge is 0.493 e. The van der Waals surface area contributed by atoms with Crippen molar-refractivity contribution in [3.8, 4) is 11.5 Å². The van der Waals surface area contributed by atoms with E-state index in [1.54, 1.807) is 7.11 Å². The van der Waals surface area contributed by atoms with Crippen LogP contribution in [-0.2, 0) is 11.2 Å². The Kier molecular flexibility index (Phi) is 7.07. The van der Waals surface area contributed by atoms with Gasteiger partial charge in [0, 0.05) is 4.47 Å². The van der Waals surface area contributed by atoms with Gasteiger partial charge in [0.2, 0.25) is 0 Å². The molecule has 0 spiro atoms. The van der Waals surface area contributed by atoms with Crippen LogP contribution in [0.5, 0.6) is 11.5 Å². The molecular formula is C20H22BrNO3. The number of hydrogen-bond donors (Lipinski definition) is 1. The molecule has 0 saturated carbocycles. The number of methoxy groups -OCH3 is 1. The number of carbonyl (C=O) groups excluding carboxylic acids is 1. The van der Waals surface area contributed by atoms with Crippen LogP contribution < -0.4 is 14.8 Å². The monoisotopic (exact) mass is 403 g/mol. The number of rotatable bonds is 8. The fourth-order valence-corrected chi connectivity index (χ4v) is 2.65. The lowest BCUT2D eigenvalue weighted by Gasteiger charge is -2.16. The molecule has 2 aromatic rings. The Balaban J connectivity index is 1.93. The molecule has 0 heterocycles. The van der Waals surface area contributed by atoms with E-state index in [9.17, 15) is 4.79 Å². The van der Waals surface area contributed by atoms with Crippen LogP contribution in [0, 0.1) is 0 Å². The van der Waals surface area contributed by atoms with Crippen LogP contribution >= 0.6 is 15.9 Å². The van der Waals surface area contributed by atoms with Crippen molar-refractivity contribution in [3.63, 3.8) is 0 Å². The summed E-state index contributed by atoms with van der Waals surface area (Å²) in [7, 11) is 1.58. The minimum absolute atomic E-state index is 0.0714. The Morgan fingerprint density at radius 2 is 1.96 bits per heavy atom. The van der Waals surface area contributed by atoms with Crippen LogP contribution in [-0.4, -0.2) is 19.6 Å². The third-order valence-electron chi connectivity index (χ3n) is 3.71. The van der Waals surface area contributed by atoms with Crippen LogP contribution in [0.4, 0.5) is 0 Å². The average molecular weight is 404 g/mol. The summed E-state index contributed by atoms with van der Waals surface area (Å²) in [5, 5.41) is 2.92. The molecule has 4 nitrogen and oxygen atoms in total. The molecule has 0 radical (unpaired) electrons. The van der Waals surface area contributed by atoms with E-state index in [1.807, 2.05) is 55.5 Å². The Hall–Kier alpha value is -2.27. The molecule has 1 amide bonds. The third kappa shape index (κ3) is 5.64. The molecule has 1 unspecified atom stereocenters. The van der Waals surface area contributed by atoms with Gasteiger partial charge in [0.25, 0.3) is 5.91 Å². The van der Waals surface area contributed by atoms with E-state index >= 15 is 0 Å². The van der Waals surface area contributed by atoms with Crippen molar-refractivity contribution < 1.29 is 14.3 Å². The van der Waals surface area contributed by atoms with E-state index in [-0.39, 0.29) is 18.6 Å². The first kappa shape index (κ1) is 19.1. The smallest absolute Gasteiger partial charge is 0.258 e. The molecule has 1 N–H and O–H groups in total. The molecule has 0 aliphatic rings. The summed E-state index contributed by atoms with van der Waals surface area (Å²) in [6.07, 6.45) is 2.58. The minimum Gasteiger partial charge on any atom is -0.493 e. The van der Waals surface area contributed by atoms with E-state index < -0.39 is 0 Å². The average Bonchev–Trinajstić information content (AvgIpc) is 2.61. The van der Waals surface area contributed by atoms with Gasteiger partial charge in [0.15, 0.2) is 18.1 Å². The van der Waals surface area contributed by atoms with Crippen molar-refractivity contribution in [2.24, 2.45) is 0 Å². The van der Waals surface area contributed by atoms with Gasteiger partial charge in [0.1, 0.15) is 0 Å². The van der Waals surface area contributed by atoms with Gasteiger partial charge < -0.3 is 14.8 Å². The molecule has 132 valence electrons. The maximum absolute atomic E-state index is 12.1. The first-order valence-corrected chi connectivity index (χ1v) is 8.78. The summed E-state index contributed by atoms with van der Waals surface area (Å²) in [4.78, 5) is 12.1. The van der Waals surface area contributed by atoms with Gasteiger partial charge in [-0.1, -0.05) is 40.2 Å². The zero-order valence-electron chi connectivity index (χ0n) is 14.4. The number of hydrogen-bond acceptors (Lipinski definition) is 3. The molecule has 0 aliphatic heterocycles. The first-order valence-electron chi connectivity index (χ1n) is 7.99. The van der Waals surface area contributed by atoms with Crippen molar-refractivity contribution in [1.82, 2.24) is 5.32 Å². The van der Waals surface area contributed by atoms with Gasteiger partial charge in [-0.15, -0.1) is 6.58 Å². The van der Waals surface area contributed by atoms with Gasteiger partial charge in [-0.3, -0.25) is 4.79 Å². The van der Waals surface area contributed by atoms with Crippen LogP contribution in [0.15, 0.2) is 59.6 Å². The number of halogens is 1. The normalized spacial score (nSPS) is 11.5. The van der Waals surface area contributed by atoms with Gasteiger partial charge in [-0.2, -0.15) is 0 Å². The minimum atomic E-state index is -0.187. The summed E-state index contributed by atoms with van der Waals surface area (Å²) < 4.78 is 11.9. The van der Waals surface area contributed by atoms with E-state index in [4.69, 9.17) is 9.47 Å². The maximum Gasteiger partial charge on any atom is 0.258 e. The highest BCUT2D eigenvalue weighted by molar-refractivity contribution is 9.10. The lowest BCUT2D eigenvalue weighted by atomic mass is 10.1. The zero-order chi connectivity index (χ0) is 18.2. The topological polar surface area (TPSA) is 47.6 Å². The molecule has 0 bridgehead atoms. The molecule has 5 heteroatoms. The van der Waals surface area contributed by atoms with Crippen LogP contribution in [0.1, 0.15) is 24.1 Å². The highest BCUT2D eigenvalue weighted by atomic mass is 79.9. The quantitative estimate of drug-likeness (QED) is 0.662. The SMILES string of the molecule is C=CCc1ccc(OCC(=O)NC(C)c2ccc(Br)cc2)c(OC)c1. The summed E-state index contributed by atoms with van der Waals surface area (Å²) in [6, 6.07) is 13.4. The standard InChI is InChI=1S/C20H22BrNO3/c1-4-5-15-6-11-18(19(12-15)24-3)25-13-20(23)22-14(2)16-7-9-17(21)10-8-16/h4,6-12,14H,1,5,13H2,2-3H3,(H,22,23). The lowest BCUT2D eigenvalue weighted by Crippen LogP contribution is -2.31. The van der Waals surface area contributed by atoms with E-state index in [2.05, 4.69) is 27.8 Å². The molecule has 2 rings (SSSR count). The number of amides is 1. The fraction of sp³-hybridized carbons (Fsp3) is 0.250. The predicted molar refractivity (Wildman–Crippen MR) is 103 cm³/mol. The van der Waals surface area contributed by atoms with Gasteiger partial charge in [0.05, 0.1) is 13.2 Å². The summed E-state index contributed by atoms with van der Waals surface area (Å²) in [5.74, 6) is 0.961. The van der Waals surface area contributed by atoms with Gasteiger partial charge in [-0.25, -0.2) is 0 Å². The van der Waals surface area contributed by atoms with Crippen molar-refractivity contribution >= 4 is 21.8 Å². The Labute approximate surface area is 157 Å². The van der Waals surface area contributed by atoms with Crippen LogP contribution in [0.25, 0.3) is 0 Å². The fourth-order valence-electron chi connectivity index (χ4n) is 2.39. The van der Waals surface area contributed by atoms with E-state index in [0.29, 0.717) is 11.5 Å². The third-order valence-corrected chi connectivity index (χ3v) is 4.24. The molecule has 2 aromatic carbocycles. The Morgan fingerprint density at radius 1 is 1.24 bits per heavy atom. The lowest BCUT2D eigenvalue weighted by molar-refractivity contribution is -0.123. The second-order valence-electron chi connectivity index (χ2n) is 5.61. The summed E-state index contributed by atoms with van der Waals surface area (Å²) >= 11 is 3.40. The number of benzene rings is 2. The molecule has 25 heavy (non-hydrogen) atoms. The molecule has 0 aromatic heterocycles. The number of allylic oxidation sites excluding steroid dienone is 1. The molecule has 1 atom stereocenters. The molecule has 0 saturated heterocycles. The molecule has 0 aliphatic carbocycles. The van der Waals surface area contributed by atoms with Crippen molar-refractivity contribution in [3.05, 3.63) is 70.7 Å². The first-order chi connectivity index (χ1) is 12.0. The second kappa shape index (κ2) is 9.28. The highest BCUT2D eigenvalue weighted by Crippen LogP contribution is 2.28. The van der Waals surface area contributed by atoms with Gasteiger partial charge >= 0.3 is 0 Å². The predicted octanol–water partition coefficient (Wildman–Crippen LogP) is 4.44. The molecule has 0 fully saturated rings. The van der Waals surface area contributed by atoms with Crippen molar-refractivity contribution in [1.29, 1.82) is 0 Å². The maximum atomic E-state index is 12.1. The van der Waals surface area contributed by atoms with Crippen molar-refractivity contribution in [2.45, 2.75) is 19.4 Å². The Morgan fingerprint density at radius 3 is 2.60 bits per heavy atom. The zero-order valence-corrected chi connectivity index (χ0v) is 16.0. The summed E-state index contributed by atoms with van der Waals surface area (Å²) in [5.41, 5.74) is 2.11. The highest BCUT2D eigenvalue weighted by Gasteiger charge is 2.12. The van der Waals surface area contributed by atoms with Crippen LogP contribution in [0.2, 0.25) is 0 Å². The number of nitrogens with one attached hydrogen (secondary N) is 1. The van der Waals surface area contributed by atoms with Crippen LogP contribution in [0.3, 0.4) is 0 Å².